The molecule has 0 unspecified atom stereocenters. The van der Waals surface area contributed by atoms with Gasteiger partial charge in [-0.05, 0) is 31.2 Å². The van der Waals surface area contributed by atoms with Crippen molar-refractivity contribution in [1.29, 1.82) is 0 Å². The van der Waals surface area contributed by atoms with E-state index < -0.39 is 0 Å². The van der Waals surface area contributed by atoms with Gasteiger partial charge in [0.1, 0.15) is 12.4 Å². The third-order valence-electron chi connectivity index (χ3n) is 2.68. The quantitative estimate of drug-likeness (QED) is 0.871. The van der Waals surface area contributed by atoms with Crippen molar-refractivity contribution in [3.63, 3.8) is 0 Å². The average molecular weight is 271 g/mol. The summed E-state index contributed by atoms with van der Waals surface area (Å²) in [7, 11) is 0. The van der Waals surface area contributed by atoms with Crippen molar-refractivity contribution in [2.75, 3.05) is 18.5 Å². The molecule has 5 heteroatoms. The number of pyridine rings is 1. The van der Waals surface area contributed by atoms with E-state index in [0.717, 1.165) is 5.69 Å². The SMILES string of the molecule is Cc1ccc(C(=O)Nc2ccccc2OCCN)cn1. The standard InChI is InChI=1S/C15H17N3O2/c1-11-6-7-12(10-17-11)15(19)18-13-4-2-3-5-14(13)20-9-8-16/h2-7,10H,8-9,16H2,1H3,(H,18,19). The van der Waals surface area contributed by atoms with E-state index in [-0.39, 0.29) is 5.91 Å². The highest BCUT2D eigenvalue weighted by atomic mass is 16.5. The van der Waals surface area contributed by atoms with Crippen LogP contribution >= 0.6 is 0 Å². The van der Waals surface area contributed by atoms with E-state index in [0.29, 0.717) is 30.2 Å². The lowest BCUT2D eigenvalue weighted by atomic mass is 10.2. The van der Waals surface area contributed by atoms with E-state index in [1.807, 2.05) is 19.1 Å². The molecule has 1 aromatic carbocycles. The first-order valence-electron chi connectivity index (χ1n) is 6.36. The molecule has 2 rings (SSSR count). The van der Waals surface area contributed by atoms with Gasteiger partial charge in [-0.15, -0.1) is 0 Å². The van der Waals surface area contributed by atoms with E-state index in [9.17, 15) is 4.79 Å². The van der Waals surface area contributed by atoms with Crippen LogP contribution in [0.5, 0.6) is 5.75 Å². The Morgan fingerprint density at radius 1 is 1.30 bits per heavy atom. The minimum absolute atomic E-state index is 0.221. The number of para-hydroxylation sites is 2. The van der Waals surface area contributed by atoms with Crippen molar-refractivity contribution in [2.45, 2.75) is 6.92 Å². The zero-order valence-electron chi connectivity index (χ0n) is 11.3. The molecule has 0 radical (unpaired) electrons. The molecule has 0 aliphatic heterocycles. The predicted molar refractivity (Wildman–Crippen MR) is 77.9 cm³/mol. The lowest BCUT2D eigenvalue weighted by Crippen LogP contribution is -2.15. The largest absolute Gasteiger partial charge is 0.490 e. The smallest absolute Gasteiger partial charge is 0.257 e. The van der Waals surface area contributed by atoms with Gasteiger partial charge >= 0.3 is 0 Å². The molecule has 5 nitrogen and oxygen atoms in total. The zero-order valence-corrected chi connectivity index (χ0v) is 11.3. The van der Waals surface area contributed by atoms with Gasteiger partial charge in [0.2, 0.25) is 0 Å². The number of nitrogens with zero attached hydrogens (tertiary/aromatic N) is 1. The number of rotatable bonds is 5. The van der Waals surface area contributed by atoms with Crippen molar-refractivity contribution in [1.82, 2.24) is 4.98 Å². The molecule has 0 bridgehead atoms. The van der Waals surface area contributed by atoms with Gasteiger partial charge in [0.25, 0.3) is 5.91 Å². The summed E-state index contributed by atoms with van der Waals surface area (Å²) in [6.07, 6.45) is 1.55. The number of carbonyl (C=O) groups is 1. The van der Waals surface area contributed by atoms with Crippen LogP contribution in [0.15, 0.2) is 42.6 Å². The lowest BCUT2D eigenvalue weighted by Gasteiger charge is -2.11. The van der Waals surface area contributed by atoms with E-state index in [1.54, 1.807) is 30.5 Å². The normalized spacial score (nSPS) is 10.1. The highest BCUT2D eigenvalue weighted by Crippen LogP contribution is 2.24. The van der Waals surface area contributed by atoms with Crippen LogP contribution in [0, 0.1) is 6.92 Å². The molecule has 0 aliphatic carbocycles. The number of aryl methyl sites for hydroxylation is 1. The van der Waals surface area contributed by atoms with Crippen molar-refractivity contribution in [3.05, 3.63) is 53.9 Å². The third kappa shape index (κ3) is 3.55. The van der Waals surface area contributed by atoms with Crippen LogP contribution in [-0.4, -0.2) is 24.0 Å². The fourth-order valence-electron chi connectivity index (χ4n) is 1.66. The maximum absolute atomic E-state index is 12.1. The first-order valence-corrected chi connectivity index (χ1v) is 6.36. The van der Waals surface area contributed by atoms with Crippen molar-refractivity contribution >= 4 is 11.6 Å². The Morgan fingerprint density at radius 2 is 2.10 bits per heavy atom. The number of anilines is 1. The van der Waals surface area contributed by atoms with E-state index >= 15 is 0 Å². The molecule has 1 aromatic heterocycles. The summed E-state index contributed by atoms with van der Waals surface area (Å²) in [6, 6.07) is 10.8. The second kappa shape index (κ2) is 6.68. The van der Waals surface area contributed by atoms with Crippen molar-refractivity contribution in [2.24, 2.45) is 5.73 Å². The number of hydrogen-bond donors (Lipinski definition) is 2. The lowest BCUT2D eigenvalue weighted by molar-refractivity contribution is 0.102. The van der Waals surface area contributed by atoms with E-state index in [1.165, 1.54) is 0 Å². The third-order valence-corrected chi connectivity index (χ3v) is 2.68. The maximum Gasteiger partial charge on any atom is 0.257 e. The maximum atomic E-state index is 12.1. The Kier molecular flexibility index (Phi) is 4.68. The first kappa shape index (κ1) is 14.0. The molecule has 0 saturated carbocycles. The van der Waals surface area contributed by atoms with E-state index in [2.05, 4.69) is 10.3 Å². The fraction of sp³-hybridized carbons (Fsp3) is 0.200. The molecule has 0 fully saturated rings. The predicted octanol–water partition coefficient (Wildman–Crippen LogP) is 1.98. The van der Waals surface area contributed by atoms with Crippen LogP contribution in [0.2, 0.25) is 0 Å². The molecule has 1 amide bonds. The minimum atomic E-state index is -0.221. The van der Waals surface area contributed by atoms with Crippen LogP contribution in [0.4, 0.5) is 5.69 Å². The van der Waals surface area contributed by atoms with Gasteiger partial charge in [-0.2, -0.15) is 0 Å². The van der Waals surface area contributed by atoms with Crippen molar-refractivity contribution in [3.8, 4) is 5.75 Å². The Balaban J connectivity index is 2.13. The summed E-state index contributed by atoms with van der Waals surface area (Å²) in [5.41, 5.74) is 7.40. The molecule has 0 saturated heterocycles. The fourth-order valence-corrected chi connectivity index (χ4v) is 1.66. The van der Waals surface area contributed by atoms with Crippen LogP contribution < -0.4 is 15.8 Å². The number of hydrogen-bond acceptors (Lipinski definition) is 4. The Hall–Kier alpha value is -2.40. The van der Waals surface area contributed by atoms with Gasteiger partial charge < -0.3 is 15.8 Å². The van der Waals surface area contributed by atoms with Crippen LogP contribution in [0.25, 0.3) is 0 Å². The van der Waals surface area contributed by atoms with Gasteiger partial charge in [-0.3, -0.25) is 9.78 Å². The molecule has 0 atom stereocenters. The van der Waals surface area contributed by atoms with Crippen LogP contribution in [-0.2, 0) is 0 Å². The van der Waals surface area contributed by atoms with Gasteiger partial charge in [0.05, 0.1) is 11.3 Å². The molecule has 104 valence electrons. The highest BCUT2D eigenvalue weighted by Gasteiger charge is 2.09. The Bertz CT molecular complexity index is 582. The highest BCUT2D eigenvalue weighted by molar-refractivity contribution is 6.04. The minimum Gasteiger partial charge on any atom is -0.490 e. The monoisotopic (exact) mass is 271 g/mol. The summed E-state index contributed by atoms with van der Waals surface area (Å²) in [4.78, 5) is 16.2. The summed E-state index contributed by atoms with van der Waals surface area (Å²) in [5.74, 6) is 0.382. The van der Waals surface area contributed by atoms with Gasteiger partial charge in [-0.1, -0.05) is 12.1 Å². The van der Waals surface area contributed by atoms with Crippen LogP contribution in [0.1, 0.15) is 16.1 Å². The number of benzene rings is 1. The Labute approximate surface area is 117 Å². The molecular weight excluding hydrogens is 254 g/mol. The van der Waals surface area contributed by atoms with Crippen LogP contribution in [0.3, 0.4) is 0 Å². The number of nitrogens with one attached hydrogen (secondary N) is 1. The molecule has 0 aliphatic rings. The van der Waals surface area contributed by atoms with Gasteiger partial charge in [0, 0.05) is 18.4 Å². The number of carbonyl (C=O) groups excluding carboxylic acids is 1. The Morgan fingerprint density at radius 3 is 2.80 bits per heavy atom. The molecule has 3 N–H and O–H groups in total. The first-order chi connectivity index (χ1) is 9.70. The molecule has 0 spiro atoms. The number of amides is 1. The molecular formula is C15H17N3O2. The summed E-state index contributed by atoms with van der Waals surface area (Å²) in [6.45, 7) is 2.70. The number of ether oxygens (including phenoxy) is 1. The van der Waals surface area contributed by atoms with Crippen molar-refractivity contribution < 1.29 is 9.53 Å². The van der Waals surface area contributed by atoms with E-state index in [4.69, 9.17) is 10.5 Å². The van der Waals surface area contributed by atoms with Gasteiger partial charge in [0.15, 0.2) is 0 Å². The molecule has 20 heavy (non-hydrogen) atoms. The average Bonchev–Trinajstić information content (AvgIpc) is 2.47. The summed E-state index contributed by atoms with van der Waals surface area (Å²) in [5, 5.41) is 2.81. The summed E-state index contributed by atoms with van der Waals surface area (Å²) >= 11 is 0. The second-order valence-corrected chi connectivity index (χ2v) is 4.28. The topological polar surface area (TPSA) is 77.2 Å². The zero-order chi connectivity index (χ0) is 14.4. The van der Waals surface area contributed by atoms with Gasteiger partial charge in [-0.25, -0.2) is 0 Å². The number of aromatic nitrogens is 1. The molecule has 2 aromatic rings. The second-order valence-electron chi connectivity index (χ2n) is 4.28. The number of nitrogens with two attached hydrogens (primary N) is 1. The summed E-state index contributed by atoms with van der Waals surface area (Å²) < 4.78 is 5.49. The molecule has 1 heterocycles.